The van der Waals surface area contributed by atoms with E-state index in [0.29, 0.717) is 19.3 Å². The highest BCUT2D eigenvalue weighted by molar-refractivity contribution is 5.71. The minimum absolute atomic E-state index is 0.0849. The Bertz CT molecular complexity index is 980. The maximum absolute atomic E-state index is 12.7. The molecule has 0 aliphatic rings. The van der Waals surface area contributed by atoms with Crippen LogP contribution in [-0.4, -0.2) is 37.2 Å². The summed E-state index contributed by atoms with van der Waals surface area (Å²) in [4.78, 5) is 37.7. The third-order valence-electron chi connectivity index (χ3n) is 9.88. The summed E-state index contributed by atoms with van der Waals surface area (Å²) in [5, 5.41) is 0. The predicted octanol–water partition coefficient (Wildman–Crippen LogP) is 14.8. The normalized spacial score (nSPS) is 12.4. The number of carbonyl (C=O) groups excluding carboxylic acids is 3. The zero-order valence-corrected chi connectivity index (χ0v) is 36.2. The lowest BCUT2D eigenvalue weighted by Crippen LogP contribution is -2.30. The summed E-state index contributed by atoms with van der Waals surface area (Å²) in [5.74, 6) is -0.923. The molecule has 0 aromatic carbocycles. The third-order valence-corrected chi connectivity index (χ3v) is 9.88. The van der Waals surface area contributed by atoms with Crippen molar-refractivity contribution in [1.29, 1.82) is 0 Å². The fourth-order valence-corrected chi connectivity index (χ4v) is 6.38. The summed E-state index contributed by atoms with van der Waals surface area (Å²) in [7, 11) is 0. The van der Waals surface area contributed by atoms with E-state index in [0.717, 1.165) is 96.3 Å². The highest BCUT2D eigenvalue weighted by Gasteiger charge is 2.19. The van der Waals surface area contributed by atoms with E-state index in [1.807, 2.05) is 0 Å². The molecule has 318 valence electrons. The average molecular weight is 771 g/mol. The number of hydrogen-bond acceptors (Lipinski definition) is 6. The van der Waals surface area contributed by atoms with Crippen LogP contribution in [0.25, 0.3) is 0 Å². The molecule has 55 heavy (non-hydrogen) atoms. The van der Waals surface area contributed by atoms with Gasteiger partial charge in [0.2, 0.25) is 0 Å². The van der Waals surface area contributed by atoms with Gasteiger partial charge in [0.25, 0.3) is 0 Å². The van der Waals surface area contributed by atoms with Crippen LogP contribution in [0.15, 0.2) is 48.6 Å². The summed E-state index contributed by atoms with van der Waals surface area (Å²) < 4.78 is 16.7. The van der Waals surface area contributed by atoms with Gasteiger partial charge in [-0.1, -0.05) is 191 Å². The Balaban J connectivity index is 4.41. The quantitative estimate of drug-likeness (QED) is 0.0202. The second kappa shape index (κ2) is 44.1. The summed E-state index contributed by atoms with van der Waals surface area (Å²) in [6.07, 6.45) is 50.9. The Labute approximate surface area is 339 Å². The molecule has 0 saturated carbocycles. The van der Waals surface area contributed by atoms with Gasteiger partial charge < -0.3 is 14.2 Å². The summed E-state index contributed by atoms with van der Waals surface area (Å²) in [6, 6.07) is 0. The van der Waals surface area contributed by atoms with Gasteiger partial charge in [-0.2, -0.15) is 0 Å². The second-order valence-electron chi connectivity index (χ2n) is 15.3. The van der Waals surface area contributed by atoms with Crippen molar-refractivity contribution < 1.29 is 28.6 Å². The molecule has 0 aromatic rings. The van der Waals surface area contributed by atoms with Crippen molar-refractivity contribution in [3.8, 4) is 0 Å². The minimum Gasteiger partial charge on any atom is -0.462 e. The first kappa shape index (κ1) is 52.4. The maximum atomic E-state index is 12.7. The van der Waals surface area contributed by atoms with Crippen molar-refractivity contribution in [1.82, 2.24) is 0 Å². The van der Waals surface area contributed by atoms with Gasteiger partial charge >= 0.3 is 17.9 Å². The molecular weight excluding hydrogens is 685 g/mol. The van der Waals surface area contributed by atoms with E-state index in [1.165, 1.54) is 89.9 Å². The van der Waals surface area contributed by atoms with Crippen molar-refractivity contribution in [2.75, 3.05) is 13.2 Å². The molecule has 0 bridgehead atoms. The Morgan fingerprint density at radius 2 is 0.727 bits per heavy atom. The highest BCUT2D eigenvalue weighted by Crippen LogP contribution is 2.14. The van der Waals surface area contributed by atoms with E-state index in [1.54, 1.807) is 0 Å². The van der Waals surface area contributed by atoms with Gasteiger partial charge in [0, 0.05) is 19.3 Å². The van der Waals surface area contributed by atoms with E-state index in [2.05, 4.69) is 69.4 Å². The molecule has 0 fully saturated rings. The molecule has 0 amide bonds. The Morgan fingerprint density at radius 3 is 1.16 bits per heavy atom. The fraction of sp³-hybridized carbons (Fsp3) is 0.776. The van der Waals surface area contributed by atoms with E-state index < -0.39 is 6.10 Å². The van der Waals surface area contributed by atoms with Crippen LogP contribution in [0.5, 0.6) is 0 Å². The van der Waals surface area contributed by atoms with Crippen molar-refractivity contribution in [2.24, 2.45) is 0 Å². The fourth-order valence-electron chi connectivity index (χ4n) is 6.38. The molecule has 0 aromatic heterocycles. The van der Waals surface area contributed by atoms with Gasteiger partial charge in [-0.3, -0.25) is 14.4 Å². The monoisotopic (exact) mass is 771 g/mol. The standard InChI is InChI=1S/C49H86O6/c1-4-7-10-13-16-19-22-24-26-27-30-33-36-39-42-48(51)54-45-46(44-53-47(50)41-38-35-32-29-21-18-15-12-9-6-3)55-49(52)43-40-37-34-31-28-25-23-20-17-14-11-8-5-2/h8,11,14,17,20,23,26-27,46H,4-7,9-10,12-13,15-16,18-19,21-22,24-25,28-45H2,1-3H3/b11-8-,17-14-,23-20-,27-26-. The van der Waals surface area contributed by atoms with Crippen LogP contribution in [0, 0.1) is 0 Å². The van der Waals surface area contributed by atoms with Gasteiger partial charge in [-0.05, 0) is 64.2 Å². The number of rotatable bonds is 41. The number of hydrogen-bond donors (Lipinski definition) is 0. The lowest BCUT2D eigenvalue weighted by molar-refractivity contribution is -0.167. The summed E-state index contributed by atoms with van der Waals surface area (Å²) in [5.41, 5.74) is 0. The lowest BCUT2D eigenvalue weighted by Gasteiger charge is -2.18. The van der Waals surface area contributed by atoms with Crippen molar-refractivity contribution >= 4 is 17.9 Å². The highest BCUT2D eigenvalue weighted by atomic mass is 16.6. The zero-order chi connectivity index (χ0) is 40.1. The van der Waals surface area contributed by atoms with E-state index >= 15 is 0 Å². The predicted molar refractivity (Wildman–Crippen MR) is 233 cm³/mol. The Hall–Kier alpha value is -2.63. The SMILES string of the molecule is CC\C=C/C=C\C=C/CCCCCCCC(=O)OC(COC(=O)CCCCC/C=C\CCCCCCCCC)COC(=O)CCCCCCCCCCCC. The molecule has 0 aliphatic heterocycles. The maximum Gasteiger partial charge on any atom is 0.306 e. The van der Waals surface area contributed by atoms with Crippen molar-refractivity contribution in [3.63, 3.8) is 0 Å². The Morgan fingerprint density at radius 1 is 0.382 bits per heavy atom. The molecule has 0 saturated heterocycles. The first-order valence-electron chi connectivity index (χ1n) is 23.2. The molecule has 1 unspecified atom stereocenters. The first-order chi connectivity index (χ1) is 27.0. The summed E-state index contributed by atoms with van der Waals surface area (Å²) >= 11 is 0. The largest absolute Gasteiger partial charge is 0.462 e. The van der Waals surface area contributed by atoms with Gasteiger partial charge in [0.1, 0.15) is 13.2 Å². The smallest absolute Gasteiger partial charge is 0.306 e. The molecule has 0 aliphatic carbocycles. The van der Waals surface area contributed by atoms with E-state index in [4.69, 9.17) is 14.2 Å². The molecular formula is C49H86O6. The topological polar surface area (TPSA) is 78.9 Å². The molecule has 0 heterocycles. The number of carbonyl (C=O) groups is 3. The molecule has 6 nitrogen and oxygen atoms in total. The van der Waals surface area contributed by atoms with Crippen LogP contribution < -0.4 is 0 Å². The Kier molecular flexibility index (Phi) is 42.0. The van der Waals surface area contributed by atoms with Crippen LogP contribution in [0.2, 0.25) is 0 Å². The van der Waals surface area contributed by atoms with Crippen LogP contribution in [-0.2, 0) is 28.6 Å². The molecule has 0 radical (unpaired) electrons. The van der Waals surface area contributed by atoms with Crippen molar-refractivity contribution in [2.45, 2.75) is 232 Å². The van der Waals surface area contributed by atoms with Gasteiger partial charge in [-0.25, -0.2) is 0 Å². The first-order valence-corrected chi connectivity index (χ1v) is 23.2. The second-order valence-corrected chi connectivity index (χ2v) is 15.3. The van der Waals surface area contributed by atoms with Crippen LogP contribution in [0.1, 0.15) is 226 Å². The lowest BCUT2D eigenvalue weighted by atomic mass is 10.1. The van der Waals surface area contributed by atoms with Crippen LogP contribution >= 0.6 is 0 Å². The van der Waals surface area contributed by atoms with E-state index in [9.17, 15) is 14.4 Å². The number of esters is 3. The summed E-state index contributed by atoms with van der Waals surface area (Å²) in [6.45, 7) is 6.45. The molecule has 0 N–H and O–H groups in total. The molecule has 1 atom stereocenters. The third kappa shape index (κ3) is 42.4. The van der Waals surface area contributed by atoms with Crippen molar-refractivity contribution in [3.05, 3.63) is 48.6 Å². The van der Waals surface area contributed by atoms with Crippen LogP contribution in [0.4, 0.5) is 0 Å². The zero-order valence-electron chi connectivity index (χ0n) is 36.2. The van der Waals surface area contributed by atoms with E-state index in [-0.39, 0.29) is 31.1 Å². The molecule has 0 spiro atoms. The minimum atomic E-state index is -0.784. The number of allylic oxidation sites excluding steroid dienone is 8. The van der Waals surface area contributed by atoms with Crippen LogP contribution in [0.3, 0.4) is 0 Å². The molecule has 6 heteroatoms. The molecule has 0 rings (SSSR count). The number of unbranched alkanes of at least 4 members (excludes halogenated alkanes) is 24. The van der Waals surface area contributed by atoms with Gasteiger partial charge in [-0.15, -0.1) is 0 Å². The van der Waals surface area contributed by atoms with Gasteiger partial charge in [0.05, 0.1) is 0 Å². The number of ether oxygens (including phenoxy) is 3. The average Bonchev–Trinajstić information content (AvgIpc) is 3.18. The van der Waals surface area contributed by atoms with Gasteiger partial charge in [0.15, 0.2) is 6.10 Å².